The minimum Gasteiger partial charge on any atom is -0.480 e. The third-order valence-corrected chi connectivity index (χ3v) is 4.61. The lowest BCUT2D eigenvalue weighted by Crippen LogP contribution is -2.52. The van der Waals surface area contributed by atoms with Crippen LogP contribution in [-0.2, 0) is 4.79 Å². The Hall–Kier alpha value is -1.26. The molecule has 2 amide bonds. The first-order valence-electron chi connectivity index (χ1n) is 7.62. The highest BCUT2D eigenvalue weighted by atomic mass is 16.4. The molecule has 0 aliphatic heterocycles. The van der Waals surface area contributed by atoms with Crippen molar-refractivity contribution in [2.75, 3.05) is 7.05 Å². The van der Waals surface area contributed by atoms with Crippen LogP contribution in [0.1, 0.15) is 52.9 Å². The molecule has 0 saturated heterocycles. The Labute approximate surface area is 121 Å². The molecular formula is C15H28N2O3. The average molecular weight is 284 g/mol. The van der Waals surface area contributed by atoms with Gasteiger partial charge in [-0.15, -0.1) is 0 Å². The Kier molecular flexibility index (Phi) is 6.30. The first-order valence-corrected chi connectivity index (χ1v) is 7.62. The molecule has 0 aromatic heterocycles. The Morgan fingerprint density at radius 1 is 1.30 bits per heavy atom. The van der Waals surface area contributed by atoms with Crippen LogP contribution in [0.2, 0.25) is 0 Å². The van der Waals surface area contributed by atoms with Gasteiger partial charge in [-0.05, 0) is 37.5 Å². The fraction of sp³-hybridized carbons (Fsp3) is 0.867. The summed E-state index contributed by atoms with van der Waals surface area (Å²) >= 11 is 0. The van der Waals surface area contributed by atoms with Crippen LogP contribution in [0.25, 0.3) is 0 Å². The van der Waals surface area contributed by atoms with Crippen LogP contribution in [0, 0.1) is 11.8 Å². The maximum atomic E-state index is 12.2. The lowest BCUT2D eigenvalue weighted by atomic mass is 9.87. The van der Waals surface area contributed by atoms with E-state index in [1.807, 2.05) is 13.8 Å². The van der Waals surface area contributed by atoms with Gasteiger partial charge in [-0.1, -0.05) is 27.2 Å². The lowest BCUT2D eigenvalue weighted by Gasteiger charge is -2.34. The van der Waals surface area contributed by atoms with Crippen LogP contribution in [0.5, 0.6) is 0 Å². The molecule has 1 aliphatic carbocycles. The molecule has 1 fully saturated rings. The largest absolute Gasteiger partial charge is 0.480 e. The van der Waals surface area contributed by atoms with Gasteiger partial charge in [0.2, 0.25) is 0 Å². The second-order valence-corrected chi connectivity index (χ2v) is 6.18. The standard InChI is InChI=1S/C15H28N2O3/c1-5-11(3)13(14(18)19)16-15(20)17(4)12-8-6-10(2)7-9-12/h10-13H,5-9H2,1-4H3,(H,16,20)(H,18,19). The summed E-state index contributed by atoms with van der Waals surface area (Å²) < 4.78 is 0. The third kappa shape index (κ3) is 4.39. The van der Waals surface area contributed by atoms with Crippen LogP contribution in [0.3, 0.4) is 0 Å². The molecule has 5 heteroatoms. The molecule has 0 heterocycles. The minimum atomic E-state index is -0.960. The second kappa shape index (κ2) is 7.50. The number of carbonyl (C=O) groups excluding carboxylic acids is 1. The Morgan fingerprint density at radius 2 is 1.85 bits per heavy atom. The summed E-state index contributed by atoms with van der Waals surface area (Å²) in [5.41, 5.74) is 0. The van der Waals surface area contributed by atoms with Gasteiger partial charge >= 0.3 is 12.0 Å². The van der Waals surface area contributed by atoms with E-state index >= 15 is 0 Å². The molecule has 5 nitrogen and oxygen atoms in total. The first-order chi connectivity index (χ1) is 9.36. The van der Waals surface area contributed by atoms with Gasteiger partial charge in [-0.2, -0.15) is 0 Å². The monoisotopic (exact) mass is 284 g/mol. The Balaban J connectivity index is 2.57. The second-order valence-electron chi connectivity index (χ2n) is 6.18. The zero-order valence-corrected chi connectivity index (χ0v) is 13.1. The van der Waals surface area contributed by atoms with E-state index in [-0.39, 0.29) is 18.0 Å². The van der Waals surface area contributed by atoms with E-state index in [9.17, 15) is 14.7 Å². The van der Waals surface area contributed by atoms with Crippen molar-refractivity contribution in [1.29, 1.82) is 0 Å². The van der Waals surface area contributed by atoms with Gasteiger partial charge in [0, 0.05) is 13.1 Å². The minimum absolute atomic E-state index is 0.0729. The zero-order chi connectivity index (χ0) is 15.3. The number of carboxylic acids is 1. The van der Waals surface area contributed by atoms with Crippen molar-refractivity contribution in [1.82, 2.24) is 10.2 Å². The molecule has 0 aromatic carbocycles. The van der Waals surface area contributed by atoms with Crippen molar-refractivity contribution in [3.63, 3.8) is 0 Å². The molecule has 0 radical (unpaired) electrons. The van der Waals surface area contributed by atoms with E-state index in [1.165, 1.54) is 0 Å². The van der Waals surface area contributed by atoms with E-state index in [1.54, 1.807) is 11.9 Å². The molecular weight excluding hydrogens is 256 g/mol. The summed E-state index contributed by atoms with van der Waals surface area (Å²) in [5.74, 6) is -0.302. The van der Waals surface area contributed by atoms with Gasteiger partial charge in [0.1, 0.15) is 6.04 Å². The fourth-order valence-electron chi connectivity index (χ4n) is 2.71. The van der Waals surface area contributed by atoms with Gasteiger partial charge in [-0.3, -0.25) is 0 Å². The smallest absolute Gasteiger partial charge is 0.326 e. The van der Waals surface area contributed by atoms with Crippen molar-refractivity contribution < 1.29 is 14.7 Å². The molecule has 1 rings (SSSR count). The lowest BCUT2D eigenvalue weighted by molar-refractivity contribution is -0.140. The summed E-state index contributed by atoms with van der Waals surface area (Å²) in [4.78, 5) is 25.1. The summed E-state index contributed by atoms with van der Waals surface area (Å²) in [6.07, 6.45) is 5.01. The molecule has 1 saturated carbocycles. The van der Waals surface area contributed by atoms with Crippen LogP contribution in [0.4, 0.5) is 4.79 Å². The molecule has 116 valence electrons. The van der Waals surface area contributed by atoms with Gasteiger partial charge in [-0.25, -0.2) is 9.59 Å². The Morgan fingerprint density at radius 3 is 2.30 bits per heavy atom. The number of carbonyl (C=O) groups is 2. The summed E-state index contributed by atoms with van der Waals surface area (Å²) in [6, 6.07) is -0.840. The zero-order valence-electron chi connectivity index (χ0n) is 13.1. The third-order valence-electron chi connectivity index (χ3n) is 4.61. The number of nitrogens with zero attached hydrogens (tertiary/aromatic N) is 1. The van der Waals surface area contributed by atoms with Crippen LogP contribution < -0.4 is 5.32 Å². The van der Waals surface area contributed by atoms with E-state index < -0.39 is 12.0 Å². The van der Waals surface area contributed by atoms with Crippen molar-refractivity contribution in [2.24, 2.45) is 11.8 Å². The Bertz CT molecular complexity index is 338. The normalized spacial score (nSPS) is 25.6. The highest BCUT2D eigenvalue weighted by Crippen LogP contribution is 2.26. The highest BCUT2D eigenvalue weighted by Gasteiger charge is 2.29. The van der Waals surface area contributed by atoms with Crippen molar-refractivity contribution in [3.05, 3.63) is 0 Å². The predicted molar refractivity (Wildman–Crippen MR) is 78.6 cm³/mol. The van der Waals surface area contributed by atoms with E-state index in [0.717, 1.165) is 38.0 Å². The SMILES string of the molecule is CCC(C)C(NC(=O)N(C)C1CCC(C)CC1)C(=O)O. The van der Waals surface area contributed by atoms with Crippen molar-refractivity contribution >= 4 is 12.0 Å². The summed E-state index contributed by atoms with van der Waals surface area (Å²) in [5, 5.41) is 11.9. The number of hydrogen-bond acceptors (Lipinski definition) is 2. The van der Waals surface area contributed by atoms with Gasteiger partial charge in [0.05, 0.1) is 0 Å². The molecule has 2 atom stereocenters. The number of rotatable bonds is 5. The first kappa shape index (κ1) is 16.8. The van der Waals surface area contributed by atoms with Crippen LogP contribution in [0.15, 0.2) is 0 Å². The number of amides is 2. The molecule has 0 spiro atoms. The molecule has 0 bridgehead atoms. The number of carboxylic acid groups (broad SMARTS) is 1. The van der Waals surface area contributed by atoms with Crippen molar-refractivity contribution in [2.45, 2.75) is 65.0 Å². The summed E-state index contributed by atoms with van der Waals surface area (Å²) in [7, 11) is 1.77. The number of urea groups is 1. The summed E-state index contributed by atoms with van der Waals surface area (Å²) in [6.45, 7) is 6.01. The maximum absolute atomic E-state index is 12.2. The molecule has 2 unspecified atom stereocenters. The molecule has 2 N–H and O–H groups in total. The number of nitrogens with one attached hydrogen (secondary N) is 1. The average Bonchev–Trinajstić information content (AvgIpc) is 2.43. The van der Waals surface area contributed by atoms with E-state index in [2.05, 4.69) is 12.2 Å². The number of hydrogen-bond donors (Lipinski definition) is 2. The van der Waals surface area contributed by atoms with Gasteiger partial charge in [0.25, 0.3) is 0 Å². The maximum Gasteiger partial charge on any atom is 0.326 e. The molecule has 1 aliphatic rings. The molecule has 0 aromatic rings. The van der Waals surface area contributed by atoms with E-state index in [4.69, 9.17) is 0 Å². The van der Waals surface area contributed by atoms with Crippen molar-refractivity contribution in [3.8, 4) is 0 Å². The van der Waals surface area contributed by atoms with Gasteiger partial charge in [0.15, 0.2) is 0 Å². The molecule has 20 heavy (non-hydrogen) atoms. The van der Waals surface area contributed by atoms with E-state index in [0.29, 0.717) is 0 Å². The quantitative estimate of drug-likeness (QED) is 0.815. The van der Waals surface area contributed by atoms with Gasteiger partial charge < -0.3 is 15.3 Å². The van der Waals surface area contributed by atoms with Crippen LogP contribution >= 0.6 is 0 Å². The highest BCUT2D eigenvalue weighted by molar-refractivity contribution is 5.82. The van der Waals surface area contributed by atoms with Crippen LogP contribution in [-0.4, -0.2) is 41.1 Å². The predicted octanol–water partition coefficient (Wildman–Crippen LogP) is 2.71. The topological polar surface area (TPSA) is 69.6 Å². The number of aliphatic carboxylic acids is 1. The fourth-order valence-corrected chi connectivity index (χ4v) is 2.71.